The van der Waals surface area contributed by atoms with Gasteiger partial charge in [-0.2, -0.15) is 0 Å². The van der Waals surface area contributed by atoms with Crippen LogP contribution in [0.2, 0.25) is 0 Å². The van der Waals surface area contributed by atoms with Gasteiger partial charge in [-0.3, -0.25) is 4.57 Å². The summed E-state index contributed by atoms with van der Waals surface area (Å²) in [6.07, 6.45) is 0. The topological polar surface area (TPSA) is 17.8 Å². The molecule has 2 nitrogen and oxygen atoms in total. The van der Waals surface area contributed by atoms with E-state index < -0.39 is 0 Å². The van der Waals surface area contributed by atoms with Crippen molar-refractivity contribution < 1.29 is 0 Å². The third-order valence-corrected chi connectivity index (χ3v) is 12.4. The molecule has 51 heavy (non-hydrogen) atoms. The molecule has 1 heterocycles. The van der Waals surface area contributed by atoms with Gasteiger partial charge in [0.15, 0.2) is 0 Å². The number of benzene rings is 7. The van der Waals surface area contributed by atoms with E-state index in [9.17, 15) is 0 Å². The van der Waals surface area contributed by atoms with Gasteiger partial charge in [-0.05, 0) is 55.9 Å². The van der Waals surface area contributed by atoms with Crippen molar-refractivity contribution in [3.8, 4) is 39.3 Å². The van der Waals surface area contributed by atoms with Gasteiger partial charge < -0.3 is 0 Å². The second-order valence-electron chi connectivity index (χ2n) is 14.6. The lowest BCUT2D eigenvalue weighted by Gasteiger charge is -2.25. The summed E-state index contributed by atoms with van der Waals surface area (Å²) in [4.78, 5) is 5.45. The second-order valence-corrected chi connectivity index (χ2v) is 14.6. The summed E-state index contributed by atoms with van der Waals surface area (Å²) in [7, 11) is 22.7. The highest BCUT2D eigenvalue weighted by molar-refractivity contribution is 6.70. The Labute approximate surface area is 310 Å². The van der Waals surface area contributed by atoms with Gasteiger partial charge in [-0.15, -0.1) is 21.9 Å². The average Bonchev–Trinajstić information content (AvgIpc) is 3.53. The van der Waals surface area contributed by atoms with Crippen LogP contribution in [0.3, 0.4) is 0 Å². The van der Waals surface area contributed by atoms with E-state index in [0.29, 0.717) is 0 Å². The summed E-state index contributed by atoms with van der Waals surface area (Å²) < 4.78 is 2.43. The van der Waals surface area contributed by atoms with Crippen LogP contribution in [0.1, 0.15) is 0 Å². The highest BCUT2D eigenvalue weighted by Crippen LogP contribution is 2.45. The van der Waals surface area contributed by atoms with E-state index >= 15 is 0 Å². The molecule has 232 valence electrons. The standard InChI is InChI=1S/C39H36B10N2/c40-28-27(29(41)31(43)32(44)30(28)42)26-19-11-3-1-9-17(19)25(18-10-2-4-12-20(18)26)21-13-5-6-14-22(21)39-50-23-15-7-8-16-24(23)51(39)38-36(48)34(46)33(45)35(47)37(38)49/h1-16H,40-49H2. The van der Waals surface area contributed by atoms with Crippen LogP contribution in [0, 0.1) is 0 Å². The summed E-state index contributed by atoms with van der Waals surface area (Å²) in [6.45, 7) is 0. The molecule has 0 amide bonds. The van der Waals surface area contributed by atoms with Gasteiger partial charge in [0.1, 0.15) is 84.3 Å². The van der Waals surface area contributed by atoms with Gasteiger partial charge in [-0.25, -0.2) is 4.98 Å². The predicted octanol–water partition coefficient (Wildman–Crippen LogP) is -7.08. The molecule has 0 radical (unpaired) electrons. The van der Waals surface area contributed by atoms with Crippen molar-refractivity contribution >= 4 is 166 Å². The first-order valence-corrected chi connectivity index (χ1v) is 18.2. The first-order valence-electron chi connectivity index (χ1n) is 18.2. The number of fused-ring (bicyclic) bond motifs is 3. The summed E-state index contributed by atoms with van der Waals surface area (Å²) in [5.41, 5.74) is 23.1. The maximum absolute atomic E-state index is 5.45. The minimum Gasteiger partial charge on any atom is -0.294 e. The number of hydrogen-bond acceptors (Lipinski definition) is 1. The van der Waals surface area contributed by atoms with E-state index in [4.69, 9.17) is 4.98 Å². The molecule has 0 fully saturated rings. The molecule has 0 spiro atoms. The first kappa shape index (κ1) is 33.3. The van der Waals surface area contributed by atoms with E-state index in [1.54, 1.807) is 0 Å². The van der Waals surface area contributed by atoms with Crippen molar-refractivity contribution in [2.45, 2.75) is 0 Å². The fraction of sp³-hybridized carbons (Fsp3) is 0. The minimum absolute atomic E-state index is 0.967. The number of imidazole rings is 1. The zero-order valence-electron chi connectivity index (χ0n) is 31.6. The molecule has 1 aromatic heterocycles. The Morgan fingerprint density at radius 1 is 0.353 bits per heavy atom. The lowest BCUT2D eigenvalue weighted by atomic mass is 9.59. The molecule has 0 atom stereocenters. The van der Waals surface area contributed by atoms with Crippen molar-refractivity contribution in [3.63, 3.8) is 0 Å². The molecule has 0 aliphatic rings. The van der Waals surface area contributed by atoms with Crippen LogP contribution in [0.5, 0.6) is 0 Å². The number of hydrogen-bond donors (Lipinski definition) is 0. The van der Waals surface area contributed by atoms with Crippen LogP contribution in [0.25, 0.3) is 71.9 Å². The zero-order chi connectivity index (χ0) is 35.9. The maximum atomic E-state index is 5.45. The second kappa shape index (κ2) is 12.4. The number of rotatable bonds is 4. The third kappa shape index (κ3) is 4.90. The highest BCUT2D eigenvalue weighted by atomic mass is 15.1. The Balaban J connectivity index is 1.52. The largest absolute Gasteiger partial charge is 0.294 e. The first-order chi connectivity index (χ1) is 24.5. The Morgan fingerprint density at radius 2 is 0.745 bits per heavy atom. The lowest BCUT2D eigenvalue weighted by Crippen LogP contribution is -2.56. The van der Waals surface area contributed by atoms with Crippen LogP contribution < -0.4 is 54.6 Å². The molecule has 8 rings (SSSR count). The van der Waals surface area contributed by atoms with Crippen molar-refractivity contribution in [2.75, 3.05) is 0 Å². The maximum Gasteiger partial charge on any atom is 0.146 e. The molecule has 0 aliphatic carbocycles. The van der Waals surface area contributed by atoms with Crippen LogP contribution >= 0.6 is 0 Å². The Hall–Kier alpha value is -4.82. The monoisotopic (exact) mass is 642 g/mol. The average molecular weight is 641 g/mol. The zero-order valence-corrected chi connectivity index (χ0v) is 31.6. The van der Waals surface area contributed by atoms with E-state index in [2.05, 4.69) is 180 Å². The molecule has 0 saturated heterocycles. The fourth-order valence-corrected chi connectivity index (χ4v) is 8.71. The van der Waals surface area contributed by atoms with E-state index in [0.717, 1.165) is 22.4 Å². The predicted molar refractivity (Wildman–Crippen MR) is 254 cm³/mol. The van der Waals surface area contributed by atoms with Gasteiger partial charge in [0.25, 0.3) is 0 Å². The smallest absolute Gasteiger partial charge is 0.146 e. The lowest BCUT2D eigenvalue weighted by molar-refractivity contribution is 1.12. The van der Waals surface area contributed by atoms with Crippen LogP contribution in [0.15, 0.2) is 97.1 Å². The van der Waals surface area contributed by atoms with Crippen molar-refractivity contribution in [2.24, 2.45) is 0 Å². The minimum atomic E-state index is 0.967. The fourth-order valence-electron chi connectivity index (χ4n) is 8.71. The van der Waals surface area contributed by atoms with Crippen molar-refractivity contribution in [1.29, 1.82) is 0 Å². The Morgan fingerprint density at radius 3 is 1.27 bits per heavy atom. The number of aromatic nitrogens is 2. The molecule has 0 saturated carbocycles. The summed E-state index contributed by atoms with van der Waals surface area (Å²) >= 11 is 0. The Kier molecular flexibility index (Phi) is 8.13. The molecule has 7 aromatic carbocycles. The van der Waals surface area contributed by atoms with Crippen LogP contribution in [0.4, 0.5) is 0 Å². The molecular formula is C39H36B10N2. The number of nitrogens with zero attached hydrogens (tertiary/aromatic N) is 2. The summed E-state index contributed by atoms with van der Waals surface area (Å²) in [6, 6.07) is 35.6. The van der Waals surface area contributed by atoms with E-state index in [1.165, 1.54) is 104 Å². The quantitative estimate of drug-likeness (QED) is 0.138. The molecule has 0 unspecified atom stereocenters. The molecule has 0 aliphatic heterocycles. The van der Waals surface area contributed by atoms with Gasteiger partial charge in [0, 0.05) is 11.3 Å². The van der Waals surface area contributed by atoms with Gasteiger partial charge in [-0.1, -0.05) is 118 Å². The van der Waals surface area contributed by atoms with Gasteiger partial charge in [0.05, 0.1) is 11.0 Å². The molecular weight excluding hydrogens is 605 g/mol. The molecule has 8 aromatic rings. The molecule has 0 bridgehead atoms. The highest BCUT2D eigenvalue weighted by Gasteiger charge is 2.25. The van der Waals surface area contributed by atoms with E-state index in [1.807, 2.05) is 0 Å². The molecule has 0 N–H and O–H groups in total. The van der Waals surface area contributed by atoms with Crippen LogP contribution in [-0.2, 0) is 0 Å². The Bertz CT molecular complexity index is 2660. The van der Waals surface area contributed by atoms with Crippen LogP contribution in [-0.4, -0.2) is 88.0 Å². The van der Waals surface area contributed by atoms with Gasteiger partial charge in [0.2, 0.25) is 0 Å². The summed E-state index contributed by atoms with van der Waals surface area (Å²) in [5, 5.41) is 5.07. The summed E-state index contributed by atoms with van der Waals surface area (Å²) in [5.74, 6) is 0.967. The van der Waals surface area contributed by atoms with Crippen molar-refractivity contribution in [3.05, 3.63) is 97.1 Å². The van der Waals surface area contributed by atoms with Crippen molar-refractivity contribution in [1.82, 2.24) is 9.55 Å². The molecule has 12 heteroatoms. The van der Waals surface area contributed by atoms with Gasteiger partial charge >= 0.3 is 0 Å². The number of para-hydroxylation sites is 2. The van der Waals surface area contributed by atoms with E-state index in [-0.39, 0.29) is 0 Å². The SMILES string of the molecule is Bc1c(B)c(B)c(-c2c3ccccc3c(-c3ccccc3-c3nc4ccccc4n3-c3c(B)c(B)c(B)c(B)c3B)c3ccccc23)c(B)c1B. The third-order valence-electron chi connectivity index (χ3n) is 12.4. The normalized spacial score (nSPS) is 11.5.